The number of hydrogen-bond donors (Lipinski definition) is 1. The second-order valence-corrected chi connectivity index (χ2v) is 9.26. The average Bonchev–Trinajstić information content (AvgIpc) is 3.35. The van der Waals surface area contributed by atoms with Gasteiger partial charge in [-0.1, -0.05) is 30.3 Å². The molecule has 32 heavy (non-hydrogen) atoms. The van der Waals surface area contributed by atoms with Gasteiger partial charge in [0.15, 0.2) is 0 Å². The molecule has 1 aliphatic heterocycles. The van der Waals surface area contributed by atoms with E-state index in [9.17, 15) is 18.5 Å². The standard InChI is InChI=1S/C22H22N4O5S/c1-31-22-11-8-16-6-2-3-7-18(16)19(22)15-23-24-20-10-9-17(14-21(20)26(27)28)32(29,30)25-12-4-5-13-25/h2-3,6-11,14-15,24H,4-5,12-13H2,1H3/b23-15-. The minimum atomic E-state index is -3.76. The van der Waals surface area contributed by atoms with E-state index < -0.39 is 14.9 Å². The third-order valence-corrected chi connectivity index (χ3v) is 7.29. The number of nitro benzene ring substituents is 1. The summed E-state index contributed by atoms with van der Waals surface area (Å²) >= 11 is 0. The number of nitro groups is 1. The minimum Gasteiger partial charge on any atom is -0.496 e. The highest BCUT2D eigenvalue weighted by atomic mass is 32.2. The highest BCUT2D eigenvalue weighted by molar-refractivity contribution is 7.89. The smallest absolute Gasteiger partial charge is 0.295 e. The molecule has 1 saturated heterocycles. The molecule has 0 radical (unpaired) electrons. The summed E-state index contributed by atoms with van der Waals surface area (Å²) < 4.78 is 32.3. The molecule has 166 valence electrons. The number of nitrogens with one attached hydrogen (secondary N) is 1. The first kappa shape index (κ1) is 21.7. The van der Waals surface area contributed by atoms with Crippen LogP contribution in [-0.2, 0) is 10.0 Å². The van der Waals surface area contributed by atoms with E-state index in [1.807, 2.05) is 36.4 Å². The SMILES string of the molecule is COc1ccc2ccccc2c1/C=N\Nc1ccc(S(=O)(=O)N2CCCC2)cc1[N+](=O)[O-]. The number of nitrogens with zero attached hydrogens (tertiary/aromatic N) is 3. The molecule has 0 bridgehead atoms. The maximum Gasteiger partial charge on any atom is 0.295 e. The predicted molar refractivity (Wildman–Crippen MR) is 123 cm³/mol. The molecule has 0 aliphatic carbocycles. The first-order chi connectivity index (χ1) is 15.4. The topological polar surface area (TPSA) is 114 Å². The average molecular weight is 455 g/mol. The van der Waals surface area contributed by atoms with E-state index in [-0.39, 0.29) is 16.3 Å². The molecule has 0 saturated carbocycles. The van der Waals surface area contributed by atoms with Gasteiger partial charge in [-0.05, 0) is 41.8 Å². The van der Waals surface area contributed by atoms with Crippen LogP contribution in [0.3, 0.4) is 0 Å². The molecule has 1 N–H and O–H groups in total. The molecule has 0 amide bonds. The van der Waals surface area contributed by atoms with E-state index in [1.54, 1.807) is 7.11 Å². The molecule has 1 fully saturated rings. The summed E-state index contributed by atoms with van der Waals surface area (Å²) in [4.78, 5) is 10.9. The van der Waals surface area contributed by atoms with Crippen molar-refractivity contribution >= 4 is 38.4 Å². The van der Waals surface area contributed by atoms with Gasteiger partial charge in [0.1, 0.15) is 11.4 Å². The van der Waals surface area contributed by atoms with E-state index in [1.165, 1.54) is 22.7 Å². The maximum absolute atomic E-state index is 12.8. The molecule has 0 atom stereocenters. The van der Waals surface area contributed by atoms with Crippen LogP contribution in [0.5, 0.6) is 5.75 Å². The number of hydrogen-bond acceptors (Lipinski definition) is 7. The largest absolute Gasteiger partial charge is 0.496 e. The minimum absolute atomic E-state index is 0.0887. The van der Waals surface area contributed by atoms with Crippen molar-refractivity contribution in [2.45, 2.75) is 17.7 Å². The summed E-state index contributed by atoms with van der Waals surface area (Å²) in [6, 6.07) is 15.3. The van der Waals surface area contributed by atoms with Crippen LogP contribution >= 0.6 is 0 Å². The molecule has 3 aromatic rings. The van der Waals surface area contributed by atoms with Crippen molar-refractivity contribution in [3.63, 3.8) is 0 Å². The van der Waals surface area contributed by atoms with Gasteiger partial charge in [-0.2, -0.15) is 9.41 Å². The zero-order valence-corrected chi connectivity index (χ0v) is 18.2. The Labute approximate surface area is 185 Å². The zero-order chi connectivity index (χ0) is 22.7. The summed E-state index contributed by atoms with van der Waals surface area (Å²) in [7, 11) is -2.21. The van der Waals surface area contributed by atoms with Crippen molar-refractivity contribution in [2.24, 2.45) is 5.10 Å². The van der Waals surface area contributed by atoms with Crippen LogP contribution in [0.4, 0.5) is 11.4 Å². The number of methoxy groups -OCH3 is 1. The molecule has 0 unspecified atom stereocenters. The summed E-state index contributed by atoms with van der Waals surface area (Å²) in [6.45, 7) is 0.848. The second kappa shape index (κ2) is 8.93. The van der Waals surface area contributed by atoms with Gasteiger partial charge in [-0.25, -0.2) is 8.42 Å². The number of anilines is 1. The van der Waals surface area contributed by atoms with Gasteiger partial charge in [-0.15, -0.1) is 0 Å². The van der Waals surface area contributed by atoms with Gasteiger partial charge in [0, 0.05) is 24.7 Å². The van der Waals surface area contributed by atoms with Crippen molar-refractivity contribution in [3.05, 3.63) is 70.3 Å². The van der Waals surface area contributed by atoms with Gasteiger partial charge in [0.05, 0.1) is 23.1 Å². The van der Waals surface area contributed by atoms with Crippen LogP contribution in [0.2, 0.25) is 0 Å². The Morgan fingerprint density at radius 3 is 2.59 bits per heavy atom. The van der Waals surface area contributed by atoms with Crippen molar-refractivity contribution in [3.8, 4) is 5.75 Å². The Bertz CT molecular complexity index is 1300. The Morgan fingerprint density at radius 2 is 1.88 bits per heavy atom. The first-order valence-electron chi connectivity index (χ1n) is 10.1. The van der Waals surface area contributed by atoms with Gasteiger partial charge >= 0.3 is 0 Å². The van der Waals surface area contributed by atoms with Crippen LogP contribution in [0.15, 0.2) is 64.6 Å². The molecular formula is C22H22N4O5S. The molecule has 1 aliphatic rings. The van der Waals surface area contributed by atoms with E-state index in [0.717, 1.165) is 29.7 Å². The fourth-order valence-corrected chi connectivity index (χ4v) is 5.29. The molecule has 4 rings (SSSR count). The van der Waals surface area contributed by atoms with Gasteiger partial charge in [0.2, 0.25) is 10.0 Å². The maximum atomic E-state index is 12.8. The third-order valence-electron chi connectivity index (χ3n) is 5.40. The lowest BCUT2D eigenvalue weighted by Crippen LogP contribution is -2.27. The normalized spacial score (nSPS) is 14.8. The number of ether oxygens (including phenoxy) is 1. The van der Waals surface area contributed by atoms with Crippen LogP contribution in [0, 0.1) is 10.1 Å². The van der Waals surface area contributed by atoms with Crippen molar-refractivity contribution in [1.29, 1.82) is 0 Å². The monoisotopic (exact) mass is 454 g/mol. The van der Waals surface area contributed by atoms with E-state index in [0.29, 0.717) is 24.4 Å². The van der Waals surface area contributed by atoms with E-state index in [4.69, 9.17) is 4.74 Å². The Kier molecular flexibility index (Phi) is 6.06. The zero-order valence-electron chi connectivity index (χ0n) is 17.4. The molecule has 3 aromatic carbocycles. The molecule has 9 nitrogen and oxygen atoms in total. The van der Waals surface area contributed by atoms with Crippen molar-refractivity contribution in [1.82, 2.24) is 4.31 Å². The lowest BCUT2D eigenvalue weighted by Gasteiger charge is -2.15. The highest BCUT2D eigenvalue weighted by Gasteiger charge is 2.29. The number of fused-ring (bicyclic) bond motifs is 1. The quantitative estimate of drug-likeness (QED) is 0.328. The number of rotatable bonds is 7. The van der Waals surface area contributed by atoms with Crippen LogP contribution in [-0.4, -0.2) is 44.1 Å². The Balaban J connectivity index is 1.65. The molecule has 0 spiro atoms. The number of benzene rings is 3. The summed E-state index contributed by atoms with van der Waals surface area (Å²) in [5.41, 5.74) is 3.11. The molecule has 0 aromatic heterocycles. The van der Waals surface area contributed by atoms with Gasteiger partial charge in [-0.3, -0.25) is 15.5 Å². The number of sulfonamides is 1. The summed E-state index contributed by atoms with van der Waals surface area (Å²) in [6.07, 6.45) is 3.10. The van der Waals surface area contributed by atoms with Gasteiger partial charge < -0.3 is 4.74 Å². The van der Waals surface area contributed by atoms with Crippen molar-refractivity contribution in [2.75, 3.05) is 25.6 Å². The summed E-state index contributed by atoms with van der Waals surface area (Å²) in [5.74, 6) is 0.607. The lowest BCUT2D eigenvalue weighted by molar-refractivity contribution is -0.384. The van der Waals surface area contributed by atoms with Crippen molar-refractivity contribution < 1.29 is 18.1 Å². The first-order valence-corrected chi connectivity index (χ1v) is 11.5. The fourth-order valence-electron chi connectivity index (χ4n) is 3.75. The van der Waals surface area contributed by atoms with Crippen LogP contribution in [0.1, 0.15) is 18.4 Å². The van der Waals surface area contributed by atoms with Crippen LogP contribution < -0.4 is 10.2 Å². The van der Waals surface area contributed by atoms with E-state index in [2.05, 4.69) is 10.5 Å². The molecular weight excluding hydrogens is 432 g/mol. The van der Waals surface area contributed by atoms with Gasteiger partial charge in [0.25, 0.3) is 5.69 Å². The highest BCUT2D eigenvalue weighted by Crippen LogP contribution is 2.31. The van der Waals surface area contributed by atoms with Crippen LogP contribution in [0.25, 0.3) is 10.8 Å². The fraction of sp³-hybridized carbons (Fsp3) is 0.227. The predicted octanol–water partition coefficient (Wildman–Crippen LogP) is 3.99. The lowest BCUT2D eigenvalue weighted by atomic mass is 10.0. The Hall–Kier alpha value is -3.50. The Morgan fingerprint density at radius 1 is 1.12 bits per heavy atom. The molecule has 1 heterocycles. The second-order valence-electron chi connectivity index (χ2n) is 7.32. The summed E-state index contributed by atoms with van der Waals surface area (Å²) in [5, 5.41) is 17.7. The third kappa shape index (κ3) is 4.14. The van der Waals surface area contributed by atoms with E-state index >= 15 is 0 Å². The number of hydrazone groups is 1. The molecule has 10 heteroatoms.